The summed E-state index contributed by atoms with van der Waals surface area (Å²) in [6.07, 6.45) is 0. The molecule has 3 rings (SSSR count). The molecule has 0 radical (unpaired) electrons. The van der Waals surface area contributed by atoms with Crippen LogP contribution in [0.4, 0.5) is 0 Å². The van der Waals surface area contributed by atoms with Crippen molar-refractivity contribution in [3.8, 4) is 0 Å². The van der Waals surface area contributed by atoms with Gasteiger partial charge in [-0.25, -0.2) is 0 Å². The van der Waals surface area contributed by atoms with E-state index in [-0.39, 0.29) is 0 Å². The minimum Gasteiger partial charge on any atom is -0.0836 e. The van der Waals surface area contributed by atoms with Gasteiger partial charge in [0.2, 0.25) is 0 Å². The van der Waals surface area contributed by atoms with Crippen molar-refractivity contribution in [3.05, 3.63) is 86.4 Å². The van der Waals surface area contributed by atoms with E-state index in [9.17, 15) is 0 Å². The normalized spacial score (nSPS) is 11.2. The van der Waals surface area contributed by atoms with Gasteiger partial charge in [-0.3, -0.25) is 0 Å². The first kappa shape index (κ1) is 18.7. The predicted molar refractivity (Wildman–Crippen MR) is 114 cm³/mol. The molecule has 0 unspecified atom stereocenters. The van der Waals surface area contributed by atoms with Crippen LogP contribution in [0.15, 0.2) is 54.6 Å². The molecule has 0 saturated heterocycles. The van der Waals surface area contributed by atoms with E-state index in [2.05, 4.69) is 39.0 Å². The van der Waals surface area contributed by atoms with Crippen molar-refractivity contribution in [2.24, 2.45) is 0 Å². The molecule has 0 saturated carbocycles. The summed E-state index contributed by atoms with van der Waals surface area (Å²) in [7, 11) is -0.967. The van der Waals surface area contributed by atoms with Crippen molar-refractivity contribution in [2.75, 3.05) is 0 Å². The molecule has 0 aliphatic rings. The van der Waals surface area contributed by atoms with Crippen LogP contribution in [0.1, 0.15) is 16.7 Å². The molecule has 0 nitrogen and oxygen atoms in total. The molecule has 0 spiro atoms. The summed E-state index contributed by atoms with van der Waals surface area (Å²) in [5.74, 6) is 0. The number of aryl methyl sites for hydroxylation is 3. The van der Waals surface area contributed by atoms with Gasteiger partial charge in [-0.05, 0) is 63.6 Å². The molecule has 0 N–H and O–H groups in total. The molecule has 0 amide bonds. The van der Waals surface area contributed by atoms with E-state index in [1.54, 1.807) is 0 Å². The molecule has 0 heterocycles. The van der Waals surface area contributed by atoms with Crippen molar-refractivity contribution in [1.82, 2.24) is 0 Å². The molecule has 0 bridgehead atoms. The Bertz CT molecular complexity index is 751. The van der Waals surface area contributed by atoms with Gasteiger partial charge in [0, 0.05) is 31.0 Å². The number of hydrogen-bond donors (Lipinski definition) is 0. The first-order valence-corrected chi connectivity index (χ1v) is 10.4. The third-order valence-corrected chi connectivity index (χ3v) is 8.70. The lowest BCUT2D eigenvalue weighted by Gasteiger charge is -2.27. The largest absolute Gasteiger partial charge is 0.0836 e. The fourth-order valence-corrected chi connectivity index (χ4v) is 7.30. The SMILES string of the molecule is Cc1cccc(Cl)c1P(c1c(C)cccc1Cl)c1c(C)cccc1Cl. The average Bonchev–Trinajstić information content (AvgIpc) is 2.53. The highest BCUT2D eigenvalue weighted by Crippen LogP contribution is 2.43. The first-order chi connectivity index (χ1) is 11.9. The van der Waals surface area contributed by atoms with Crippen LogP contribution >= 0.6 is 42.7 Å². The molecular weight excluding hydrogens is 390 g/mol. The maximum atomic E-state index is 6.66. The Morgan fingerprint density at radius 1 is 0.520 bits per heavy atom. The van der Waals surface area contributed by atoms with Gasteiger partial charge in [0.25, 0.3) is 0 Å². The van der Waals surface area contributed by atoms with E-state index in [4.69, 9.17) is 34.8 Å². The molecule has 0 fully saturated rings. The second kappa shape index (κ2) is 7.68. The Morgan fingerprint density at radius 3 is 1.04 bits per heavy atom. The Morgan fingerprint density at radius 2 is 0.800 bits per heavy atom. The van der Waals surface area contributed by atoms with Gasteiger partial charge in [0.05, 0.1) is 0 Å². The van der Waals surface area contributed by atoms with Gasteiger partial charge < -0.3 is 0 Å². The minimum atomic E-state index is -0.967. The van der Waals surface area contributed by atoms with Gasteiger partial charge >= 0.3 is 0 Å². The quantitative estimate of drug-likeness (QED) is 0.445. The van der Waals surface area contributed by atoms with E-state index >= 15 is 0 Å². The summed E-state index contributed by atoms with van der Waals surface area (Å²) in [6, 6.07) is 18.0. The molecular formula is C21H18Cl3P. The molecule has 0 aliphatic carbocycles. The highest BCUT2D eigenvalue weighted by atomic mass is 35.5. The standard InChI is InChI=1S/C21H18Cl3P/c1-13-7-4-10-16(22)19(13)25(20-14(2)8-5-11-17(20)23)21-15(3)9-6-12-18(21)24/h4-12H,1-3H3. The van der Waals surface area contributed by atoms with Crippen LogP contribution in [-0.2, 0) is 0 Å². The van der Waals surface area contributed by atoms with Crippen LogP contribution in [0.3, 0.4) is 0 Å². The number of rotatable bonds is 3. The fraction of sp³-hybridized carbons (Fsp3) is 0.143. The monoisotopic (exact) mass is 406 g/mol. The van der Waals surface area contributed by atoms with E-state index in [1.807, 2.05) is 36.4 Å². The molecule has 4 heteroatoms. The van der Waals surface area contributed by atoms with Gasteiger partial charge in [-0.1, -0.05) is 71.2 Å². The Hall–Kier alpha value is -1.04. The predicted octanol–water partition coefficient (Wildman–Crippen LogP) is 6.33. The number of benzene rings is 3. The van der Waals surface area contributed by atoms with Gasteiger partial charge in [-0.2, -0.15) is 0 Å². The van der Waals surface area contributed by atoms with Gasteiger partial charge in [-0.15, -0.1) is 0 Å². The van der Waals surface area contributed by atoms with E-state index in [0.29, 0.717) is 0 Å². The molecule has 0 atom stereocenters. The van der Waals surface area contributed by atoms with Crippen molar-refractivity contribution >= 4 is 58.6 Å². The number of halogens is 3. The van der Waals surface area contributed by atoms with Crippen LogP contribution in [0.5, 0.6) is 0 Å². The Labute approximate surface area is 165 Å². The second-order valence-electron chi connectivity index (χ2n) is 6.05. The maximum Gasteiger partial charge on any atom is 0.0492 e. The van der Waals surface area contributed by atoms with Crippen molar-refractivity contribution in [1.29, 1.82) is 0 Å². The lowest BCUT2D eigenvalue weighted by molar-refractivity contribution is 1.49. The summed E-state index contributed by atoms with van der Waals surface area (Å²) < 4.78 is 0. The molecule has 25 heavy (non-hydrogen) atoms. The maximum absolute atomic E-state index is 6.66. The third kappa shape index (κ3) is 3.60. The Balaban J connectivity index is 2.42. The number of hydrogen-bond acceptors (Lipinski definition) is 0. The summed E-state index contributed by atoms with van der Waals surface area (Å²) in [6.45, 7) is 6.28. The lowest BCUT2D eigenvalue weighted by Crippen LogP contribution is -2.27. The van der Waals surface area contributed by atoms with E-state index in [0.717, 1.165) is 47.7 Å². The van der Waals surface area contributed by atoms with Crippen LogP contribution in [-0.4, -0.2) is 0 Å². The highest BCUT2D eigenvalue weighted by Gasteiger charge is 2.27. The van der Waals surface area contributed by atoms with Crippen LogP contribution in [0.25, 0.3) is 0 Å². The average molecular weight is 408 g/mol. The smallest absolute Gasteiger partial charge is 0.0492 e. The topological polar surface area (TPSA) is 0 Å². The summed E-state index contributed by atoms with van der Waals surface area (Å²) >= 11 is 20.0. The summed E-state index contributed by atoms with van der Waals surface area (Å²) in [5, 5.41) is 5.61. The van der Waals surface area contributed by atoms with Crippen LogP contribution in [0, 0.1) is 20.8 Å². The zero-order chi connectivity index (χ0) is 18.1. The van der Waals surface area contributed by atoms with Crippen molar-refractivity contribution in [2.45, 2.75) is 20.8 Å². The fourth-order valence-electron chi connectivity index (χ4n) is 3.05. The van der Waals surface area contributed by atoms with E-state index in [1.165, 1.54) is 0 Å². The molecule has 128 valence electrons. The molecule has 3 aromatic carbocycles. The minimum absolute atomic E-state index is 0.754. The lowest BCUT2D eigenvalue weighted by atomic mass is 10.2. The summed E-state index contributed by atoms with van der Waals surface area (Å²) in [5.41, 5.74) is 3.45. The zero-order valence-corrected chi connectivity index (χ0v) is 17.4. The first-order valence-electron chi connectivity index (χ1n) is 7.97. The zero-order valence-electron chi connectivity index (χ0n) is 14.3. The van der Waals surface area contributed by atoms with E-state index < -0.39 is 7.92 Å². The van der Waals surface area contributed by atoms with Gasteiger partial charge in [0.15, 0.2) is 0 Å². The van der Waals surface area contributed by atoms with Crippen molar-refractivity contribution in [3.63, 3.8) is 0 Å². The third-order valence-electron chi connectivity index (χ3n) is 4.24. The van der Waals surface area contributed by atoms with Crippen LogP contribution < -0.4 is 15.9 Å². The summed E-state index contributed by atoms with van der Waals surface area (Å²) in [4.78, 5) is 0. The second-order valence-corrected chi connectivity index (χ2v) is 9.29. The Kier molecular flexibility index (Phi) is 5.76. The molecule has 0 aliphatic heterocycles. The van der Waals surface area contributed by atoms with Gasteiger partial charge in [0.1, 0.15) is 0 Å². The van der Waals surface area contributed by atoms with Crippen LogP contribution in [0.2, 0.25) is 15.1 Å². The molecule has 3 aromatic rings. The van der Waals surface area contributed by atoms with Crippen molar-refractivity contribution < 1.29 is 0 Å². The highest BCUT2D eigenvalue weighted by molar-refractivity contribution is 7.80. The molecule has 0 aromatic heterocycles.